The van der Waals surface area contributed by atoms with Crippen molar-refractivity contribution in [3.63, 3.8) is 0 Å². The lowest BCUT2D eigenvalue weighted by molar-refractivity contribution is 0.0948. The minimum Gasteiger partial charge on any atom is -0.496 e. The highest BCUT2D eigenvalue weighted by molar-refractivity contribution is 6.05. The number of Topliss-reactive ketones (excluding diaryl/α,β-unsaturated/α-hetero) is 1. The monoisotopic (exact) mass is 390 g/mol. The summed E-state index contributed by atoms with van der Waals surface area (Å²) < 4.78 is 11.2. The van der Waals surface area contributed by atoms with Gasteiger partial charge in [0.2, 0.25) is 0 Å². The first-order valence-corrected chi connectivity index (χ1v) is 9.13. The van der Waals surface area contributed by atoms with Crippen LogP contribution in [0, 0.1) is 0 Å². The molecule has 3 aromatic carbocycles. The van der Waals surface area contributed by atoms with E-state index in [2.05, 4.69) is 5.32 Å². The molecule has 0 radical (unpaired) electrons. The Kier molecular flexibility index (Phi) is 6.60. The van der Waals surface area contributed by atoms with Gasteiger partial charge in [0, 0.05) is 12.1 Å². The van der Waals surface area contributed by atoms with Crippen molar-refractivity contribution in [1.29, 1.82) is 0 Å². The van der Waals surface area contributed by atoms with E-state index < -0.39 is 0 Å². The number of hydrogen-bond donors (Lipinski definition) is 2. The third kappa shape index (κ3) is 4.80. The van der Waals surface area contributed by atoms with E-state index in [0.29, 0.717) is 11.5 Å². The van der Waals surface area contributed by atoms with Crippen molar-refractivity contribution in [2.24, 2.45) is 5.73 Å². The summed E-state index contributed by atoms with van der Waals surface area (Å²) in [5, 5.41) is 2.86. The molecule has 1 amide bonds. The quantitative estimate of drug-likeness (QED) is 0.574. The number of nitrogens with one attached hydrogen (secondary N) is 1. The lowest BCUT2D eigenvalue weighted by Gasteiger charge is -2.15. The van der Waals surface area contributed by atoms with Crippen molar-refractivity contribution in [1.82, 2.24) is 5.32 Å². The maximum absolute atomic E-state index is 12.9. The average Bonchev–Trinajstić information content (AvgIpc) is 2.78. The number of rotatable bonds is 8. The van der Waals surface area contributed by atoms with Crippen LogP contribution >= 0.6 is 0 Å². The fourth-order valence-corrected chi connectivity index (χ4v) is 2.88. The Balaban J connectivity index is 1.90. The molecule has 3 rings (SSSR count). The Morgan fingerprint density at radius 2 is 1.59 bits per heavy atom. The number of hydrogen-bond acceptors (Lipinski definition) is 5. The van der Waals surface area contributed by atoms with Crippen LogP contribution in [0.3, 0.4) is 0 Å². The molecule has 0 saturated carbocycles. The van der Waals surface area contributed by atoms with E-state index >= 15 is 0 Å². The summed E-state index contributed by atoms with van der Waals surface area (Å²) in [6, 6.07) is 21.2. The zero-order valence-corrected chi connectivity index (χ0v) is 16.1. The fourth-order valence-electron chi connectivity index (χ4n) is 2.88. The molecule has 3 aromatic rings. The van der Waals surface area contributed by atoms with Crippen molar-refractivity contribution in [3.05, 3.63) is 89.5 Å². The molecule has 6 nitrogen and oxygen atoms in total. The van der Waals surface area contributed by atoms with Crippen LogP contribution < -0.4 is 20.5 Å². The molecule has 0 aliphatic carbocycles. The molecule has 0 aromatic heterocycles. The van der Waals surface area contributed by atoms with Gasteiger partial charge in [-0.2, -0.15) is 0 Å². The lowest BCUT2D eigenvalue weighted by atomic mass is 10.0. The molecular weight excluding hydrogens is 368 g/mol. The van der Waals surface area contributed by atoms with Gasteiger partial charge in [0.1, 0.15) is 11.5 Å². The first-order valence-electron chi connectivity index (χ1n) is 9.13. The third-order valence-electron chi connectivity index (χ3n) is 4.34. The first-order chi connectivity index (χ1) is 14.1. The van der Waals surface area contributed by atoms with E-state index in [1.165, 1.54) is 0 Å². The zero-order chi connectivity index (χ0) is 20.6. The molecular formula is C23H22N2O4. The highest BCUT2D eigenvalue weighted by Crippen LogP contribution is 2.30. The Morgan fingerprint density at radius 3 is 2.31 bits per heavy atom. The standard InChI is InChI=1S/C23H22N2O4/c1-28-21-13-6-5-8-16(21)15-25-23(27)19-12-7-11-18(20(26)14-24)22(19)29-17-9-3-2-4-10-17/h2-13H,14-15,24H2,1H3,(H,25,27). The molecule has 0 atom stereocenters. The predicted octanol–water partition coefficient (Wildman–Crippen LogP) is 3.56. The van der Waals surface area contributed by atoms with E-state index in [1.807, 2.05) is 42.5 Å². The Hall–Kier alpha value is -3.64. The van der Waals surface area contributed by atoms with Gasteiger partial charge in [-0.25, -0.2) is 0 Å². The number of para-hydroxylation sites is 3. The molecule has 6 heteroatoms. The number of ether oxygens (including phenoxy) is 2. The molecule has 0 bridgehead atoms. The van der Waals surface area contributed by atoms with Gasteiger partial charge >= 0.3 is 0 Å². The SMILES string of the molecule is COc1ccccc1CNC(=O)c1cccc(C(=O)CN)c1Oc1ccccc1. The second-order valence-corrected chi connectivity index (χ2v) is 6.22. The Labute approximate surface area is 169 Å². The van der Waals surface area contributed by atoms with Gasteiger partial charge in [-0.3, -0.25) is 9.59 Å². The van der Waals surface area contributed by atoms with Crippen LogP contribution in [0.5, 0.6) is 17.2 Å². The van der Waals surface area contributed by atoms with Crippen molar-refractivity contribution in [2.75, 3.05) is 13.7 Å². The fraction of sp³-hybridized carbons (Fsp3) is 0.130. The number of carbonyl (C=O) groups excluding carboxylic acids is 2. The van der Waals surface area contributed by atoms with Crippen LogP contribution in [0.25, 0.3) is 0 Å². The lowest BCUT2D eigenvalue weighted by Crippen LogP contribution is -2.24. The van der Waals surface area contributed by atoms with E-state index in [0.717, 1.165) is 5.56 Å². The summed E-state index contributed by atoms with van der Waals surface area (Å²) in [6.07, 6.45) is 0. The molecule has 148 valence electrons. The van der Waals surface area contributed by atoms with Crippen LogP contribution in [0.4, 0.5) is 0 Å². The molecule has 0 aliphatic rings. The van der Waals surface area contributed by atoms with Gasteiger partial charge < -0.3 is 20.5 Å². The van der Waals surface area contributed by atoms with Crippen molar-refractivity contribution < 1.29 is 19.1 Å². The van der Waals surface area contributed by atoms with Gasteiger partial charge in [0.15, 0.2) is 11.5 Å². The van der Waals surface area contributed by atoms with Gasteiger partial charge in [-0.05, 0) is 30.3 Å². The smallest absolute Gasteiger partial charge is 0.255 e. The summed E-state index contributed by atoms with van der Waals surface area (Å²) >= 11 is 0. The van der Waals surface area contributed by atoms with Gasteiger partial charge in [0.25, 0.3) is 5.91 Å². The number of carbonyl (C=O) groups is 2. The summed E-state index contributed by atoms with van der Waals surface area (Å²) in [5.41, 5.74) is 6.89. The topological polar surface area (TPSA) is 90.7 Å². The van der Waals surface area contributed by atoms with E-state index in [1.54, 1.807) is 37.4 Å². The maximum Gasteiger partial charge on any atom is 0.255 e. The number of methoxy groups -OCH3 is 1. The van der Waals surface area contributed by atoms with Crippen LogP contribution in [0.2, 0.25) is 0 Å². The van der Waals surface area contributed by atoms with E-state index in [4.69, 9.17) is 15.2 Å². The zero-order valence-electron chi connectivity index (χ0n) is 16.1. The normalized spacial score (nSPS) is 10.3. The third-order valence-corrected chi connectivity index (χ3v) is 4.34. The Bertz CT molecular complexity index is 1000. The largest absolute Gasteiger partial charge is 0.496 e. The molecule has 0 fully saturated rings. The van der Waals surface area contributed by atoms with Crippen molar-refractivity contribution in [3.8, 4) is 17.2 Å². The summed E-state index contributed by atoms with van der Waals surface area (Å²) in [7, 11) is 1.58. The average molecular weight is 390 g/mol. The second-order valence-electron chi connectivity index (χ2n) is 6.22. The van der Waals surface area contributed by atoms with Crippen LogP contribution in [0.15, 0.2) is 72.8 Å². The summed E-state index contributed by atoms with van der Waals surface area (Å²) in [4.78, 5) is 25.2. The van der Waals surface area contributed by atoms with Crippen molar-refractivity contribution in [2.45, 2.75) is 6.54 Å². The minimum absolute atomic E-state index is 0.183. The predicted molar refractivity (Wildman–Crippen MR) is 111 cm³/mol. The molecule has 3 N–H and O–H groups in total. The molecule has 0 spiro atoms. The number of amides is 1. The van der Waals surface area contributed by atoms with Crippen LogP contribution in [-0.2, 0) is 6.54 Å². The number of benzene rings is 3. The highest BCUT2D eigenvalue weighted by atomic mass is 16.5. The maximum atomic E-state index is 12.9. The summed E-state index contributed by atoms with van der Waals surface area (Å²) in [5.74, 6) is 0.708. The van der Waals surface area contributed by atoms with E-state index in [9.17, 15) is 9.59 Å². The van der Waals surface area contributed by atoms with Crippen molar-refractivity contribution >= 4 is 11.7 Å². The molecule has 0 heterocycles. The minimum atomic E-state index is -0.367. The highest BCUT2D eigenvalue weighted by Gasteiger charge is 2.20. The van der Waals surface area contributed by atoms with Gasteiger partial charge in [0.05, 0.1) is 24.8 Å². The van der Waals surface area contributed by atoms with Gasteiger partial charge in [-0.15, -0.1) is 0 Å². The molecule has 0 unspecified atom stereocenters. The molecule has 0 aliphatic heterocycles. The van der Waals surface area contributed by atoms with Crippen LogP contribution in [-0.4, -0.2) is 25.3 Å². The van der Waals surface area contributed by atoms with Crippen LogP contribution in [0.1, 0.15) is 26.3 Å². The molecule has 0 saturated heterocycles. The van der Waals surface area contributed by atoms with Gasteiger partial charge in [-0.1, -0.05) is 42.5 Å². The Morgan fingerprint density at radius 1 is 0.897 bits per heavy atom. The number of ketones is 1. The first kappa shape index (κ1) is 20.1. The second kappa shape index (κ2) is 9.52. The number of nitrogens with two attached hydrogens (primary N) is 1. The molecule has 29 heavy (non-hydrogen) atoms. The van der Waals surface area contributed by atoms with E-state index in [-0.39, 0.29) is 41.7 Å². The summed E-state index contributed by atoms with van der Waals surface area (Å²) in [6.45, 7) is 0.0835.